The highest BCUT2D eigenvalue weighted by Crippen LogP contribution is 2.25. The minimum absolute atomic E-state index is 0.290. The van der Waals surface area contributed by atoms with Gasteiger partial charge >= 0.3 is 0 Å². The van der Waals surface area contributed by atoms with Crippen molar-refractivity contribution in [1.82, 2.24) is 10.3 Å². The van der Waals surface area contributed by atoms with Gasteiger partial charge in [0, 0.05) is 19.0 Å². The average molecular weight is 276 g/mol. The minimum atomic E-state index is -0.697. The van der Waals surface area contributed by atoms with Gasteiger partial charge in [-0.05, 0) is 38.0 Å². The molecule has 1 aromatic heterocycles. The van der Waals surface area contributed by atoms with E-state index in [1.807, 2.05) is 6.92 Å². The van der Waals surface area contributed by atoms with Crippen molar-refractivity contribution in [1.29, 1.82) is 0 Å². The summed E-state index contributed by atoms with van der Waals surface area (Å²) in [7, 11) is 0. The molecule has 0 fully saturated rings. The Bertz CT molecular complexity index is 594. The molecule has 20 heavy (non-hydrogen) atoms. The summed E-state index contributed by atoms with van der Waals surface area (Å²) in [5.41, 5.74) is 3.34. The van der Waals surface area contributed by atoms with Crippen molar-refractivity contribution in [2.45, 2.75) is 52.7 Å². The number of fused-ring (bicyclic) bond motifs is 1. The van der Waals surface area contributed by atoms with E-state index >= 15 is 0 Å². The summed E-state index contributed by atoms with van der Waals surface area (Å²) in [5, 5.41) is 13.0. The van der Waals surface area contributed by atoms with E-state index in [4.69, 9.17) is 4.42 Å². The van der Waals surface area contributed by atoms with E-state index in [-0.39, 0.29) is 0 Å². The van der Waals surface area contributed by atoms with Crippen molar-refractivity contribution in [2.24, 2.45) is 0 Å². The van der Waals surface area contributed by atoms with Crippen LogP contribution in [-0.2, 0) is 6.54 Å². The van der Waals surface area contributed by atoms with Crippen LogP contribution in [0.25, 0.3) is 11.1 Å². The lowest BCUT2D eigenvalue weighted by molar-refractivity contribution is 0.0795. The summed E-state index contributed by atoms with van der Waals surface area (Å²) < 4.78 is 5.80. The predicted molar refractivity (Wildman–Crippen MR) is 80.8 cm³/mol. The largest absolute Gasteiger partial charge is 0.440 e. The second-order valence-electron chi connectivity index (χ2n) is 6.38. The highest BCUT2D eigenvalue weighted by atomic mass is 16.3. The Balaban J connectivity index is 2.19. The number of aliphatic hydroxyl groups is 1. The molecule has 0 spiro atoms. The second-order valence-corrected chi connectivity index (χ2v) is 6.38. The van der Waals surface area contributed by atoms with Crippen LogP contribution in [0.2, 0.25) is 0 Å². The highest BCUT2D eigenvalue weighted by Gasteiger charge is 2.14. The maximum atomic E-state index is 9.70. The Morgan fingerprint density at radius 2 is 2.05 bits per heavy atom. The number of nitrogens with one attached hydrogen (secondary N) is 1. The molecular weight excluding hydrogens is 252 g/mol. The first-order valence-corrected chi connectivity index (χ1v) is 7.09. The van der Waals surface area contributed by atoms with Crippen LogP contribution in [0, 0.1) is 6.92 Å². The van der Waals surface area contributed by atoms with Crippen LogP contribution < -0.4 is 5.32 Å². The normalized spacial score (nSPS) is 12.6. The summed E-state index contributed by atoms with van der Waals surface area (Å²) >= 11 is 0. The van der Waals surface area contributed by atoms with E-state index in [9.17, 15) is 5.11 Å². The number of oxazole rings is 1. The number of hydrogen-bond donors (Lipinski definition) is 2. The van der Waals surface area contributed by atoms with Gasteiger partial charge in [0.1, 0.15) is 5.52 Å². The third-order valence-electron chi connectivity index (χ3n) is 3.13. The predicted octanol–water partition coefficient (Wildman–Crippen LogP) is 3.12. The molecule has 0 radical (unpaired) electrons. The zero-order chi connectivity index (χ0) is 14.9. The molecule has 2 N–H and O–H groups in total. The van der Waals surface area contributed by atoms with Crippen molar-refractivity contribution in [3.8, 4) is 0 Å². The second kappa shape index (κ2) is 5.54. The van der Waals surface area contributed by atoms with Crippen LogP contribution in [0.1, 0.15) is 50.6 Å². The third-order valence-corrected chi connectivity index (χ3v) is 3.13. The van der Waals surface area contributed by atoms with Gasteiger partial charge in [-0.1, -0.05) is 19.9 Å². The first-order valence-electron chi connectivity index (χ1n) is 7.09. The molecule has 2 aromatic rings. The van der Waals surface area contributed by atoms with Gasteiger partial charge in [0.05, 0.1) is 5.60 Å². The van der Waals surface area contributed by atoms with Crippen molar-refractivity contribution in [3.63, 3.8) is 0 Å². The summed E-state index contributed by atoms with van der Waals surface area (Å²) in [6, 6.07) is 4.16. The van der Waals surface area contributed by atoms with Crippen LogP contribution >= 0.6 is 0 Å². The summed E-state index contributed by atoms with van der Waals surface area (Å²) in [5.74, 6) is 1.07. The minimum Gasteiger partial charge on any atom is -0.440 e. The Morgan fingerprint density at radius 3 is 2.65 bits per heavy atom. The maximum absolute atomic E-state index is 9.70. The molecule has 0 unspecified atom stereocenters. The topological polar surface area (TPSA) is 58.3 Å². The van der Waals surface area contributed by atoms with Gasteiger partial charge in [0.25, 0.3) is 0 Å². The lowest BCUT2D eigenvalue weighted by Crippen LogP contribution is -2.34. The summed E-state index contributed by atoms with van der Waals surface area (Å²) in [6.07, 6.45) is 0. The van der Waals surface area contributed by atoms with E-state index in [0.29, 0.717) is 19.0 Å². The molecule has 0 aliphatic heterocycles. The summed E-state index contributed by atoms with van der Waals surface area (Å²) in [6.45, 7) is 11.0. The fourth-order valence-corrected chi connectivity index (χ4v) is 2.15. The van der Waals surface area contributed by atoms with Crippen molar-refractivity contribution in [2.75, 3.05) is 6.54 Å². The van der Waals surface area contributed by atoms with Crippen molar-refractivity contribution in [3.05, 3.63) is 29.2 Å². The first-order chi connectivity index (χ1) is 9.26. The third kappa shape index (κ3) is 3.58. The molecule has 0 aliphatic rings. The molecular formula is C16H24N2O2. The maximum Gasteiger partial charge on any atom is 0.198 e. The van der Waals surface area contributed by atoms with E-state index in [1.165, 1.54) is 0 Å². The van der Waals surface area contributed by atoms with Crippen LogP contribution in [0.15, 0.2) is 16.5 Å². The molecule has 0 amide bonds. The molecule has 0 saturated heterocycles. The monoisotopic (exact) mass is 276 g/mol. The van der Waals surface area contributed by atoms with Gasteiger partial charge in [-0.2, -0.15) is 0 Å². The molecule has 110 valence electrons. The van der Waals surface area contributed by atoms with Crippen molar-refractivity contribution < 1.29 is 9.52 Å². The number of aryl methyl sites for hydroxylation is 1. The number of hydrogen-bond acceptors (Lipinski definition) is 4. The average Bonchev–Trinajstić information content (AvgIpc) is 2.71. The van der Waals surface area contributed by atoms with Crippen LogP contribution in [0.3, 0.4) is 0 Å². The highest BCUT2D eigenvalue weighted by molar-refractivity contribution is 5.77. The molecule has 0 atom stereocenters. The molecule has 2 rings (SSSR count). The number of nitrogens with zero attached hydrogens (tertiary/aromatic N) is 1. The van der Waals surface area contributed by atoms with Gasteiger partial charge < -0.3 is 14.8 Å². The Hall–Kier alpha value is -1.39. The van der Waals surface area contributed by atoms with E-state index in [1.54, 1.807) is 13.8 Å². The van der Waals surface area contributed by atoms with Gasteiger partial charge in [-0.15, -0.1) is 0 Å². The standard InChI is InChI=1S/C16H24N2O2/c1-10(2)15-18-13-7-12(6-11(3)14(13)20-15)8-17-9-16(4,5)19/h6-7,10,17,19H,8-9H2,1-5H3. The molecule has 1 aromatic carbocycles. The Labute approximate surface area is 120 Å². The fraction of sp³-hybridized carbons (Fsp3) is 0.562. The molecule has 0 bridgehead atoms. The van der Waals surface area contributed by atoms with E-state index in [0.717, 1.165) is 28.1 Å². The van der Waals surface area contributed by atoms with Gasteiger partial charge in [0.15, 0.2) is 11.5 Å². The fourth-order valence-electron chi connectivity index (χ4n) is 2.15. The van der Waals surface area contributed by atoms with E-state index < -0.39 is 5.60 Å². The Morgan fingerprint density at radius 1 is 1.35 bits per heavy atom. The molecule has 0 saturated carbocycles. The molecule has 1 heterocycles. The molecule has 4 nitrogen and oxygen atoms in total. The smallest absolute Gasteiger partial charge is 0.198 e. The van der Waals surface area contributed by atoms with Crippen LogP contribution in [-0.4, -0.2) is 22.2 Å². The Kier molecular flexibility index (Phi) is 4.16. The molecule has 4 heteroatoms. The number of aromatic nitrogens is 1. The van der Waals surface area contributed by atoms with Crippen LogP contribution in [0.4, 0.5) is 0 Å². The number of benzene rings is 1. The van der Waals surface area contributed by atoms with Crippen molar-refractivity contribution >= 4 is 11.1 Å². The van der Waals surface area contributed by atoms with Crippen LogP contribution in [0.5, 0.6) is 0 Å². The lowest BCUT2D eigenvalue weighted by atomic mass is 10.1. The van der Waals surface area contributed by atoms with E-state index in [2.05, 4.69) is 36.3 Å². The molecule has 0 aliphatic carbocycles. The SMILES string of the molecule is Cc1cc(CNCC(C)(C)O)cc2nc(C(C)C)oc12. The summed E-state index contributed by atoms with van der Waals surface area (Å²) in [4.78, 5) is 4.55. The first kappa shape index (κ1) is 15.0. The van der Waals surface area contributed by atoms with Gasteiger partial charge in [-0.3, -0.25) is 0 Å². The quantitative estimate of drug-likeness (QED) is 0.881. The zero-order valence-corrected chi connectivity index (χ0v) is 12.9. The van der Waals surface area contributed by atoms with Gasteiger partial charge in [0.2, 0.25) is 0 Å². The lowest BCUT2D eigenvalue weighted by Gasteiger charge is -2.17. The zero-order valence-electron chi connectivity index (χ0n) is 12.9. The van der Waals surface area contributed by atoms with Gasteiger partial charge in [-0.25, -0.2) is 4.98 Å². The number of rotatable bonds is 5.